The quantitative estimate of drug-likeness (QED) is 0.885. The minimum absolute atomic E-state index is 0.00358. The lowest BCUT2D eigenvalue weighted by Gasteiger charge is -2.28. The molecule has 1 aliphatic rings. The Morgan fingerprint density at radius 3 is 2.31 bits per heavy atom. The number of nitrogens with zero attached hydrogens (tertiary/aromatic N) is 2. The Balaban J connectivity index is 1.68. The van der Waals surface area contributed by atoms with Gasteiger partial charge in [-0.2, -0.15) is 0 Å². The molecule has 1 amide bonds. The molecule has 1 aliphatic heterocycles. The maximum atomic E-state index is 12.6. The first-order chi connectivity index (χ1) is 12.4. The number of carbonyl (C=O) groups is 1. The monoisotopic (exact) mass is 353 g/mol. The van der Waals surface area contributed by atoms with Gasteiger partial charge in [-0.25, -0.2) is 0 Å². The van der Waals surface area contributed by atoms with E-state index < -0.39 is 0 Å². The van der Waals surface area contributed by atoms with Crippen LogP contribution in [-0.4, -0.2) is 35.0 Å². The van der Waals surface area contributed by atoms with E-state index in [0.29, 0.717) is 6.54 Å². The van der Waals surface area contributed by atoms with Crippen molar-refractivity contribution < 1.29 is 4.79 Å². The predicted molar refractivity (Wildman–Crippen MR) is 106 cm³/mol. The maximum absolute atomic E-state index is 12.6. The van der Waals surface area contributed by atoms with Crippen molar-refractivity contribution in [3.63, 3.8) is 0 Å². The Labute approximate surface area is 157 Å². The molecule has 2 aromatic rings. The molecule has 0 radical (unpaired) electrons. The molecule has 3 rings (SSSR count). The van der Waals surface area contributed by atoms with Gasteiger partial charge in [0.2, 0.25) is 0 Å². The molecule has 0 spiro atoms. The summed E-state index contributed by atoms with van der Waals surface area (Å²) in [5, 5.41) is 3.16. The van der Waals surface area contributed by atoms with Crippen LogP contribution in [0.1, 0.15) is 61.3 Å². The Kier molecular flexibility index (Phi) is 5.52. The van der Waals surface area contributed by atoms with Crippen molar-refractivity contribution in [2.24, 2.45) is 7.05 Å². The van der Waals surface area contributed by atoms with Crippen molar-refractivity contribution in [2.75, 3.05) is 19.6 Å². The van der Waals surface area contributed by atoms with Crippen LogP contribution in [0.2, 0.25) is 0 Å². The van der Waals surface area contributed by atoms with Crippen molar-refractivity contribution in [1.82, 2.24) is 14.8 Å². The van der Waals surface area contributed by atoms with Crippen molar-refractivity contribution >= 4 is 5.91 Å². The summed E-state index contributed by atoms with van der Waals surface area (Å²) in [7, 11) is 2.07. The summed E-state index contributed by atoms with van der Waals surface area (Å²) in [6, 6.07) is 12.5. The first-order valence-corrected chi connectivity index (χ1v) is 9.60. The maximum Gasteiger partial charge on any atom is 0.251 e. The van der Waals surface area contributed by atoms with Crippen molar-refractivity contribution in [1.29, 1.82) is 0 Å². The van der Waals surface area contributed by atoms with Crippen LogP contribution in [0.25, 0.3) is 0 Å². The molecule has 1 atom stereocenters. The number of carbonyl (C=O) groups excluding carboxylic acids is 1. The minimum Gasteiger partial charge on any atom is -0.353 e. The summed E-state index contributed by atoms with van der Waals surface area (Å²) < 4.78 is 2.16. The number of aryl methyl sites for hydroxylation is 1. The molecule has 2 heterocycles. The topological polar surface area (TPSA) is 37.3 Å². The summed E-state index contributed by atoms with van der Waals surface area (Å²) in [6.45, 7) is 9.39. The van der Waals surface area contributed by atoms with Crippen molar-refractivity contribution in [2.45, 2.75) is 45.1 Å². The molecule has 140 valence electrons. The molecular formula is C22H31N3O. The fourth-order valence-corrected chi connectivity index (χ4v) is 3.71. The summed E-state index contributed by atoms with van der Waals surface area (Å²) in [6.07, 6.45) is 4.55. The number of hydrogen-bond acceptors (Lipinski definition) is 2. The van der Waals surface area contributed by atoms with Gasteiger partial charge in [0.15, 0.2) is 0 Å². The van der Waals surface area contributed by atoms with Crippen LogP contribution in [0, 0.1) is 0 Å². The molecule has 26 heavy (non-hydrogen) atoms. The molecule has 1 aromatic heterocycles. The molecule has 0 saturated carbocycles. The van der Waals surface area contributed by atoms with Gasteiger partial charge in [-0.1, -0.05) is 32.9 Å². The molecule has 0 aliphatic carbocycles. The Morgan fingerprint density at radius 1 is 1.12 bits per heavy atom. The Hall–Kier alpha value is -2.07. The Morgan fingerprint density at radius 2 is 1.77 bits per heavy atom. The SMILES string of the molecule is Cn1cccc1[C@@H](CNC(=O)c1ccc(C(C)(C)C)cc1)N1CCCC1. The second kappa shape index (κ2) is 7.67. The largest absolute Gasteiger partial charge is 0.353 e. The van der Waals surface area contributed by atoms with E-state index in [4.69, 9.17) is 0 Å². The second-order valence-corrected chi connectivity index (χ2v) is 8.34. The zero-order valence-electron chi connectivity index (χ0n) is 16.5. The lowest BCUT2D eigenvalue weighted by atomic mass is 9.87. The average molecular weight is 354 g/mol. The highest BCUT2D eigenvalue weighted by atomic mass is 16.1. The number of benzene rings is 1. The zero-order chi connectivity index (χ0) is 18.7. The van der Waals surface area contributed by atoms with Crippen LogP contribution in [0.5, 0.6) is 0 Å². The molecule has 1 saturated heterocycles. The summed E-state index contributed by atoms with van der Waals surface area (Å²) in [5.74, 6) is 0.00358. The van der Waals surface area contributed by atoms with Crippen molar-refractivity contribution in [3.8, 4) is 0 Å². The number of hydrogen-bond donors (Lipinski definition) is 1. The molecule has 4 nitrogen and oxygen atoms in total. The van der Waals surface area contributed by atoms with Crippen LogP contribution >= 0.6 is 0 Å². The smallest absolute Gasteiger partial charge is 0.251 e. The lowest BCUT2D eigenvalue weighted by molar-refractivity contribution is 0.0936. The van der Waals surface area contributed by atoms with Gasteiger partial charge in [0, 0.05) is 31.0 Å². The summed E-state index contributed by atoms with van der Waals surface area (Å²) in [4.78, 5) is 15.1. The van der Waals surface area contributed by atoms with Gasteiger partial charge in [0.25, 0.3) is 5.91 Å². The third kappa shape index (κ3) is 4.18. The van der Waals surface area contributed by atoms with E-state index in [1.54, 1.807) is 0 Å². The second-order valence-electron chi connectivity index (χ2n) is 8.34. The third-order valence-electron chi connectivity index (χ3n) is 5.38. The van der Waals surface area contributed by atoms with E-state index in [1.807, 2.05) is 12.1 Å². The molecule has 1 fully saturated rings. The highest BCUT2D eigenvalue weighted by Gasteiger charge is 2.25. The molecule has 1 aromatic carbocycles. The molecular weight excluding hydrogens is 322 g/mol. The van der Waals surface area contributed by atoms with Gasteiger partial charge >= 0.3 is 0 Å². The minimum atomic E-state index is 0.00358. The van der Waals surface area contributed by atoms with E-state index in [-0.39, 0.29) is 17.4 Å². The first-order valence-electron chi connectivity index (χ1n) is 9.60. The fraction of sp³-hybridized carbons (Fsp3) is 0.500. The number of amides is 1. The van der Waals surface area contributed by atoms with Gasteiger partial charge in [0.1, 0.15) is 0 Å². The van der Waals surface area contributed by atoms with E-state index in [2.05, 4.69) is 73.1 Å². The molecule has 0 bridgehead atoms. The Bertz CT molecular complexity index is 733. The first kappa shape index (κ1) is 18.7. The molecule has 0 unspecified atom stereocenters. The normalized spacial score (nSPS) is 16.6. The lowest BCUT2D eigenvalue weighted by Crippen LogP contribution is -2.37. The average Bonchev–Trinajstić information content (AvgIpc) is 3.27. The number of rotatable bonds is 5. The van der Waals surface area contributed by atoms with Crippen LogP contribution in [0.3, 0.4) is 0 Å². The van der Waals surface area contributed by atoms with Crippen LogP contribution in [0.4, 0.5) is 0 Å². The van der Waals surface area contributed by atoms with E-state index in [9.17, 15) is 4.79 Å². The van der Waals surface area contributed by atoms with Gasteiger partial charge in [-0.3, -0.25) is 9.69 Å². The third-order valence-corrected chi connectivity index (χ3v) is 5.38. The fourth-order valence-electron chi connectivity index (χ4n) is 3.71. The van der Waals surface area contributed by atoms with Gasteiger partial charge in [-0.15, -0.1) is 0 Å². The standard InChI is InChI=1S/C22H31N3O/c1-22(2,3)18-11-9-17(10-12-18)21(26)23-16-20(25-14-5-6-15-25)19-8-7-13-24(19)4/h7-13,20H,5-6,14-16H2,1-4H3,(H,23,26)/t20-/m1/s1. The summed E-state index contributed by atoms with van der Waals surface area (Å²) >= 11 is 0. The molecule has 4 heteroatoms. The highest BCUT2D eigenvalue weighted by Crippen LogP contribution is 2.25. The number of likely N-dealkylation sites (tertiary alicyclic amines) is 1. The van der Waals surface area contributed by atoms with E-state index in [0.717, 1.165) is 18.7 Å². The van der Waals surface area contributed by atoms with Crippen LogP contribution < -0.4 is 5.32 Å². The van der Waals surface area contributed by atoms with Gasteiger partial charge < -0.3 is 9.88 Å². The summed E-state index contributed by atoms with van der Waals surface area (Å²) in [5.41, 5.74) is 3.33. The van der Waals surface area contributed by atoms with E-state index >= 15 is 0 Å². The predicted octanol–water partition coefficient (Wildman–Crippen LogP) is 3.89. The highest BCUT2D eigenvalue weighted by molar-refractivity contribution is 5.94. The van der Waals surface area contributed by atoms with E-state index in [1.165, 1.54) is 24.1 Å². The van der Waals surface area contributed by atoms with Gasteiger partial charge in [0.05, 0.1) is 6.04 Å². The van der Waals surface area contributed by atoms with Crippen LogP contribution in [-0.2, 0) is 12.5 Å². The zero-order valence-corrected chi connectivity index (χ0v) is 16.5. The molecule has 1 N–H and O–H groups in total. The van der Waals surface area contributed by atoms with Gasteiger partial charge in [-0.05, 0) is 61.2 Å². The van der Waals surface area contributed by atoms with Crippen molar-refractivity contribution in [3.05, 3.63) is 59.4 Å². The number of nitrogens with one attached hydrogen (secondary N) is 1. The van der Waals surface area contributed by atoms with Crippen LogP contribution in [0.15, 0.2) is 42.6 Å². The number of aromatic nitrogens is 1.